The van der Waals surface area contributed by atoms with E-state index in [2.05, 4.69) is 10.5 Å². The summed E-state index contributed by atoms with van der Waals surface area (Å²) in [5.74, 6) is 1.53. The van der Waals surface area contributed by atoms with Gasteiger partial charge in [0.15, 0.2) is 11.5 Å². The van der Waals surface area contributed by atoms with Gasteiger partial charge in [-0.1, -0.05) is 5.16 Å². The maximum Gasteiger partial charge on any atom is 0.221 e. The van der Waals surface area contributed by atoms with E-state index in [9.17, 15) is 4.79 Å². The van der Waals surface area contributed by atoms with Crippen molar-refractivity contribution in [1.29, 1.82) is 0 Å². The fourth-order valence-electron chi connectivity index (χ4n) is 1.85. The average Bonchev–Trinajstić information content (AvgIpc) is 2.50. The Hall–Kier alpha value is -3.02. The summed E-state index contributed by atoms with van der Waals surface area (Å²) >= 11 is 0. The van der Waals surface area contributed by atoms with Gasteiger partial charge in [-0.3, -0.25) is 4.79 Å². The number of carbonyl (C=O) groups is 1. The van der Waals surface area contributed by atoms with Crippen LogP contribution < -0.4 is 14.8 Å². The fourth-order valence-corrected chi connectivity index (χ4v) is 1.85. The molecule has 2 aromatic carbocycles. The highest BCUT2D eigenvalue weighted by Crippen LogP contribution is 2.32. The Bertz CT molecular complexity index is 681. The molecular weight excluding hydrogens is 284 g/mol. The Morgan fingerprint density at radius 1 is 1.18 bits per heavy atom. The van der Waals surface area contributed by atoms with Gasteiger partial charge in [0.25, 0.3) is 0 Å². The van der Waals surface area contributed by atoms with Crippen LogP contribution in [0.25, 0.3) is 0 Å². The Morgan fingerprint density at radius 3 is 2.50 bits per heavy atom. The smallest absolute Gasteiger partial charge is 0.221 e. The number of hydrogen-bond donors (Lipinski definition) is 2. The van der Waals surface area contributed by atoms with E-state index < -0.39 is 0 Å². The number of rotatable bonds is 5. The molecule has 0 radical (unpaired) electrons. The molecule has 0 fully saturated rings. The van der Waals surface area contributed by atoms with Crippen molar-refractivity contribution >= 4 is 17.8 Å². The monoisotopic (exact) mass is 300 g/mol. The van der Waals surface area contributed by atoms with Crippen LogP contribution in [0.4, 0.5) is 5.69 Å². The largest absolute Gasteiger partial charge is 0.493 e. The van der Waals surface area contributed by atoms with Crippen LogP contribution in [0.3, 0.4) is 0 Å². The van der Waals surface area contributed by atoms with Crippen LogP contribution in [0.1, 0.15) is 12.5 Å². The molecule has 0 saturated carbocycles. The van der Waals surface area contributed by atoms with E-state index in [4.69, 9.17) is 14.7 Å². The number of hydrogen-bond acceptors (Lipinski definition) is 5. The van der Waals surface area contributed by atoms with Gasteiger partial charge in [-0.05, 0) is 42.5 Å². The molecular formula is C16H16N2O4. The molecule has 0 aromatic heterocycles. The van der Waals surface area contributed by atoms with Gasteiger partial charge in [0.2, 0.25) is 5.91 Å². The van der Waals surface area contributed by atoms with Crippen LogP contribution in [-0.4, -0.2) is 24.4 Å². The van der Waals surface area contributed by atoms with Crippen LogP contribution >= 0.6 is 0 Å². The highest BCUT2D eigenvalue weighted by molar-refractivity contribution is 5.88. The molecule has 0 aliphatic carbocycles. The van der Waals surface area contributed by atoms with Gasteiger partial charge in [-0.25, -0.2) is 0 Å². The Morgan fingerprint density at radius 2 is 1.91 bits per heavy atom. The third-order valence-electron chi connectivity index (χ3n) is 2.80. The summed E-state index contributed by atoms with van der Waals surface area (Å²) in [4.78, 5) is 11.0. The molecule has 22 heavy (non-hydrogen) atoms. The van der Waals surface area contributed by atoms with E-state index in [0.29, 0.717) is 28.5 Å². The average molecular weight is 300 g/mol. The predicted molar refractivity (Wildman–Crippen MR) is 83.2 cm³/mol. The molecule has 114 valence electrons. The number of ether oxygens (including phenoxy) is 2. The maximum atomic E-state index is 11.0. The predicted octanol–water partition coefficient (Wildman–Crippen LogP) is 3.25. The molecule has 0 aliphatic rings. The van der Waals surface area contributed by atoms with E-state index >= 15 is 0 Å². The van der Waals surface area contributed by atoms with E-state index in [1.54, 1.807) is 42.5 Å². The summed E-state index contributed by atoms with van der Waals surface area (Å²) < 4.78 is 11.0. The molecule has 2 aromatic rings. The fraction of sp³-hybridized carbons (Fsp3) is 0.125. The molecule has 0 unspecified atom stereocenters. The SMILES string of the molecule is COc1cc(C=NO)ccc1Oc1ccc(NC(C)=O)cc1. The van der Waals surface area contributed by atoms with Crippen LogP contribution in [0, 0.1) is 0 Å². The molecule has 0 aliphatic heterocycles. The van der Waals surface area contributed by atoms with Crippen molar-refractivity contribution in [1.82, 2.24) is 0 Å². The van der Waals surface area contributed by atoms with Crippen LogP contribution in [0.15, 0.2) is 47.6 Å². The first-order valence-electron chi connectivity index (χ1n) is 6.53. The first kappa shape index (κ1) is 15.4. The molecule has 0 atom stereocenters. The van der Waals surface area contributed by atoms with Crippen molar-refractivity contribution in [3.63, 3.8) is 0 Å². The maximum absolute atomic E-state index is 11.0. The third kappa shape index (κ3) is 3.99. The zero-order chi connectivity index (χ0) is 15.9. The second-order valence-electron chi connectivity index (χ2n) is 4.46. The highest BCUT2D eigenvalue weighted by atomic mass is 16.5. The van der Waals surface area contributed by atoms with Crippen LogP contribution in [-0.2, 0) is 4.79 Å². The van der Waals surface area contributed by atoms with Gasteiger partial charge in [-0.15, -0.1) is 0 Å². The van der Waals surface area contributed by atoms with Crippen molar-refractivity contribution < 1.29 is 19.5 Å². The first-order chi connectivity index (χ1) is 10.6. The minimum Gasteiger partial charge on any atom is -0.493 e. The summed E-state index contributed by atoms with van der Waals surface area (Å²) in [5, 5.41) is 14.2. The summed E-state index contributed by atoms with van der Waals surface area (Å²) in [6.45, 7) is 1.45. The van der Waals surface area contributed by atoms with E-state index in [-0.39, 0.29) is 5.91 Å². The number of nitrogens with zero attached hydrogens (tertiary/aromatic N) is 1. The summed E-state index contributed by atoms with van der Waals surface area (Å²) in [7, 11) is 1.53. The van der Waals surface area contributed by atoms with Crippen molar-refractivity contribution in [2.45, 2.75) is 6.92 Å². The lowest BCUT2D eigenvalue weighted by Gasteiger charge is -2.11. The molecule has 0 spiro atoms. The molecule has 0 saturated heterocycles. The van der Waals surface area contributed by atoms with Gasteiger partial charge < -0.3 is 20.0 Å². The number of anilines is 1. The number of methoxy groups -OCH3 is 1. The lowest BCUT2D eigenvalue weighted by atomic mass is 10.2. The zero-order valence-corrected chi connectivity index (χ0v) is 12.2. The van der Waals surface area contributed by atoms with E-state index in [0.717, 1.165) is 0 Å². The number of amides is 1. The Balaban J connectivity index is 2.17. The van der Waals surface area contributed by atoms with Gasteiger partial charge >= 0.3 is 0 Å². The van der Waals surface area contributed by atoms with Crippen molar-refractivity contribution in [2.24, 2.45) is 5.16 Å². The van der Waals surface area contributed by atoms with Gasteiger partial charge in [0.05, 0.1) is 13.3 Å². The molecule has 1 amide bonds. The molecule has 2 rings (SSSR count). The zero-order valence-electron chi connectivity index (χ0n) is 12.2. The second kappa shape index (κ2) is 7.12. The Kier molecular flexibility index (Phi) is 4.98. The molecule has 0 heterocycles. The van der Waals surface area contributed by atoms with Crippen molar-refractivity contribution in [2.75, 3.05) is 12.4 Å². The minimum atomic E-state index is -0.128. The minimum absolute atomic E-state index is 0.128. The Labute approximate surface area is 128 Å². The molecule has 2 N–H and O–H groups in total. The molecule has 6 heteroatoms. The highest BCUT2D eigenvalue weighted by Gasteiger charge is 2.07. The van der Waals surface area contributed by atoms with Gasteiger partial charge in [-0.2, -0.15) is 0 Å². The first-order valence-corrected chi connectivity index (χ1v) is 6.53. The third-order valence-corrected chi connectivity index (χ3v) is 2.80. The number of nitrogens with one attached hydrogen (secondary N) is 1. The standard InChI is InChI=1S/C16H16N2O4/c1-11(19)18-13-4-6-14(7-5-13)22-15-8-3-12(10-17-20)9-16(15)21-2/h3-10,20H,1-2H3,(H,18,19). The summed E-state index contributed by atoms with van der Waals surface area (Å²) in [6, 6.07) is 12.1. The topological polar surface area (TPSA) is 80.2 Å². The lowest BCUT2D eigenvalue weighted by Crippen LogP contribution is -2.05. The van der Waals surface area contributed by atoms with E-state index in [1.807, 2.05) is 0 Å². The molecule has 6 nitrogen and oxygen atoms in total. The number of benzene rings is 2. The second-order valence-corrected chi connectivity index (χ2v) is 4.46. The van der Waals surface area contributed by atoms with Crippen LogP contribution in [0.5, 0.6) is 17.2 Å². The van der Waals surface area contributed by atoms with Gasteiger partial charge in [0.1, 0.15) is 5.75 Å². The summed E-state index contributed by atoms with van der Waals surface area (Å²) in [6.07, 6.45) is 1.30. The normalized spacial score (nSPS) is 10.5. The van der Waals surface area contributed by atoms with Crippen LogP contribution in [0.2, 0.25) is 0 Å². The number of carbonyl (C=O) groups excluding carboxylic acids is 1. The van der Waals surface area contributed by atoms with Crippen molar-refractivity contribution in [3.05, 3.63) is 48.0 Å². The van der Waals surface area contributed by atoms with E-state index in [1.165, 1.54) is 20.2 Å². The lowest BCUT2D eigenvalue weighted by molar-refractivity contribution is -0.114. The summed E-state index contributed by atoms with van der Waals surface area (Å²) in [5.41, 5.74) is 1.38. The van der Waals surface area contributed by atoms with Crippen molar-refractivity contribution in [3.8, 4) is 17.2 Å². The van der Waals surface area contributed by atoms with Gasteiger partial charge in [0, 0.05) is 18.2 Å². The molecule has 0 bridgehead atoms. The quantitative estimate of drug-likeness (QED) is 0.504. The number of oxime groups is 1.